The van der Waals surface area contributed by atoms with E-state index < -0.39 is 0 Å². The van der Waals surface area contributed by atoms with Crippen LogP contribution in [0.3, 0.4) is 0 Å². The van der Waals surface area contributed by atoms with Crippen LogP contribution < -0.4 is 10.1 Å². The average molecular weight is 292 g/mol. The number of benzene rings is 1. The van der Waals surface area contributed by atoms with Gasteiger partial charge < -0.3 is 14.8 Å². The van der Waals surface area contributed by atoms with Gasteiger partial charge in [-0.1, -0.05) is 19.1 Å². The first-order chi connectivity index (χ1) is 10.0. The Morgan fingerprint density at radius 3 is 2.90 bits per heavy atom. The van der Waals surface area contributed by atoms with Crippen molar-refractivity contribution < 1.29 is 9.47 Å². The van der Waals surface area contributed by atoms with Gasteiger partial charge in [0.15, 0.2) is 0 Å². The van der Waals surface area contributed by atoms with Crippen LogP contribution in [0.5, 0.6) is 5.75 Å². The molecule has 0 amide bonds. The van der Waals surface area contributed by atoms with Gasteiger partial charge in [-0.05, 0) is 38.1 Å². The zero-order valence-corrected chi connectivity index (χ0v) is 13.7. The summed E-state index contributed by atoms with van der Waals surface area (Å²) in [5, 5.41) is 3.59. The van der Waals surface area contributed by atoms with E-state index in [1.165, 1.54) is 5.56 Å². The van der Waals surface area contributed by atoms with Gasteiger partial charge in [-0.3, -0.25) is 4.90 Å². The highest BCUT2D eigenvalue weighted by Gasteiger charge is 2.28. The van der Waals surface area contributed by atoms with E-state index in [2.05, 4.69) is 49.2 Å². The molecular weight excluding hydrogens is 264 g/mol. The number of hydrogen-bond donors (Lipinski definition) is 1. The van der Waals surface area contributed by atoms with Gasteiger partial charge >= 0.3 is 0 Å². The molecule has 4 heteroatoms. The number of methoxy groups -OCH3 is 1. The van der Waals surface area contributed by atoms with E-state index in [9.17, 15) is 0 Å². The third kappa shape index (κ3) is 4.70. The molecule has 1 aliphatic heterocycles. The van der Waals surface area contributed by atoms with Gasteiger partial charge in [-0.2, -0.15) is 0 Å². The van der Waals surface area contributed by atoms with Crippen LogP contribution >= 0.6 is 0 Å². The predicted octanol–water partition coefficient (Wildman–Crippen LogP) is 2.46. The van der Waals surface area contributed by atoms with Crippen LogP contribution in [0, 0.1) is 0 Å². The molecule has 0 spiro atoms. The maximum absolute atomic E-state index is 5.80. The number of ether oxygens (including phenoxy) is 2. The second kappa shape index (κ2) is 7.25. The van der Waals surface area contributed by atoms with Gasteiger partial charge in [0.2, 0.25) is 0 Å². The molecule has 1 aromatic carbocycles. The van der Waals surface area contributed by atoms with Crippen LogP contribution in [0.1, 0.15) is 32.4 Å². The highest BCUT2D eigenvalue weighted by Crippen LogP contribution is 2.23. The molecule has 118 valence electrons. The lowest BCUT2D eigenvalue weighted by molar-refractivity contribution is -0.0876. The quantitative estimate of drug-likeness (QED) is 0.873. The molecule has 0 aromatic heterocycles. The van der Waals surface area contributed by atoms with Crippen molar-refractivity contribution in [1.29, 1.82) is 0 Å². The summed E-state index contributed by atoms with van der Waals surface area (Å²) in [6.07, 6.45) is 0. The molecule has 0 aliphatic carbocycles. The monoisotopic (exact) mass is 292 g/mol. The Bertz CT molecular complexity index is 448. The lowest BCUT2D eigenvalue weighted by Gasteiger charge is -2.39. The summed E-state index contributed by atoms with van der Waals surface area (Å²) in [4.78, 5) is 2.48. The zero-order valence-electron chi connectivity index (χ0n) is 13.7. The fraction of sp³-hybridized carbons (Fsp3) is 0.647. The normalized spacial score (nSPS) is 20.2. The van der Waals surface area contributed by atoms with Gasteiger partial charge in [-0.25, -0.2) is 0 Å². The summed E-state index contributed by atoms with van der Waals surface area (Å²) in [5.74, 6) is 0.915. The Hall–Kier alpha value is -1.10. The average Bonchev–Trinajstić information content (AvgIpc) is 2.46. The summed E-state index contributed by atoms with van der Waals surface area (Å²) in [6.45, 7) is 11.2. The Labute approximate surface area is 128 Å². The first kappa shape index (κ1) is 16.3. The molecule has 0 bridgehead atoms. The van der Waals surface area contributed by atoms with Gasteiger partial charge in [0.05, 0.1) is 19.3 Å². The number of likely N-dealkylation sites (N-methyl/N-ethyl adjacent to an activating group) is 1. The van der Waals surface area contributed by atoms with Crippen molar-refractivity contribution >= 4 is 0 Å². The topological polar surface area (TPSA) is 33.7 Å². The summed E-state index contributed by atoms with van der Waals surface area (Å²) in [6, 6.07) is 8.66. The molecule has 1 fully saturated rings. The molecule has 1 N–H and O–H groups in total. The standard InChI is InChI=1S/C17H28N2O2/c1-5-18-16(14-7-6-8-15(11-14)20-4)12-19-9-10-21-17(2,3)13-19/h6-8,11,16,18H,5,9-10,12-13H2,1-4H3. The number of nitrogens with one attached hydrogen (secondary N) is 1. The highest BCUT2D eigenvalue weighted by molar-refractivity contribution is 5.30. The largest absolute Gasteiger partial charge is 0.497 e. The Morgan fingerprint density at radius 1 is 1.43 bits per heavy atom. The van der Waals surface area contributed by atoms with E-state index in [1.54, 1.807) is 7.11 Å². The number of nitrogens with zero attached hydrogens (tertiary/aromatic N) is 1. The van der Waals surface area contributed by atoms with Crippen molar-refractivity contribution in [1.82, 2.24) is 10.2 Å². The van der Waals surface area contributed by atoms with Crippen molar-refractivity contribution in [2.24, 2.45) is 0 Å². The Morgan fingerprint density at radius 2 is 2.24 bits per heavy atom. The van der Waals surface area contributed by atoms with Crippen LogP contribution in [0.4, 0.5) is 0 Å². The summed E-state index contributed by atoms with van der Waals surface area (Å²) in [7, 11) is 1.71. The molecule has 1 atom stereocenters. The number of morpholine rings is 1. The molecule has 1 aromatic rings. The van der Waals surface area contributed by atoms with Gasteiger partial charge in [-0.15, -0.1) is 0 Å². The minimum Gasteiger partial charge on any atom is -0.497 e. The zero-order chi connectivity index (χ0) is 15.3. The lowest BCUT2D eigenvalue weighted by Crippen LogP contribution is -2.50. The van der Waals surface area contributed by atoms with Crippen molar-refractivity contribution in [2.45, 2.75) is 32.4 Å². The molecule has 1 saturated heterocycles. The van der Waals surface area contributed by atoms with Crippen LogP contribution in [0.25, 0.3) is 0 Å². The molecular formula is C17H28N2O2. The predicted molar refractivity (Wildman–Crippen MR) is 85.9 cm³/mol. The molecule has 1 aliphatic rings. The first-order valence-corrected chi connectivity index (χ1v) is 7.78. The number of hydrogen-bond acceptors (Lipinski definition) is 4. The van der Waals surface area contributed by atoms with E-state index in [1.807, 2.05) is 6.07 Å². The number of rotatable bonds is 6. The van der Waals surface area contributed by atoms with Crippen molar-refractivity contribution in [3.05, 3.63) is 29.8 Å². The molecule has 1 heterocycles. The maximum atomic E-state index is 5.80. The SMILES string of the molecule is CCNC(CN1CCOC(C)(C)C1)c1cccc(OC)c1. The lowest BCUT2D eigenvalue weighted by atomic mass is 10.0. The molecule has 0 saturated carbocycles. The third-order valence-corrected chi connectivity index (χ3v) is 3.89. The Balaban J connectivity index is 2.07. The van der Waals surface area contributed by atoms with Crippen LogP contribution in [0.2, 0.25) is 0 Å². The summed E-state index contributed by atoms with van der Waals surface area (Å²) in [5.41, 5.74) is 1.23. The molecule has 21 heavy (non-hydrogen) atoms. The minimum atomic E-state index is -0.0522. The van der Waals surface area contributed by atoms with Crippen molar-refractivity contribution in [3.8, 4) is 5.75 Å². The highest BCUT2D eigenvalue weighted by atomic mass is 16.5. The van der Waals surface area contributed by atoms with E-state index in [4.69, 9.17) is 9.47 Å². The van der Waals surface area contributed by atoms with Crippen LogP contribution in [-0.2, 0) is 4.74 Å². The summed E-state index contributed by atoms with van der Waals surface area (Å²) < 4.78 is 11.1. The van der Waals surface area contributed by atoms with E-state index in [0.29, 0.717) is 6.04 Å². The van der Waals surface area contributed by atoms with E-state index >= 15 is 0 Å². The molecule has 0 radical (unpaired) electrons. The van der Waals surface area contributed by atoms with Crippen molar-refractivity contribution in [3.63, 3.8) is 0 Å². The van der Waals surface area contributed by atoms with Gasteiger partial charge in [0, 0.05) is 25.7 Å². The van der Waals surface area contributed by atoms with Crippen molar-refractivity contribution in [2.75, 3.05) is 39.9 Å². The smallest absolute Gasteiger partial charge is 0.119 e. The van der Waals surface area contributed by atoms with Crippen LogP contribution in [-0.4, -0.2) is 50.4 Å². The molecule has 4 nitrogen and oxygen atoms in total. The van der Waals surface area contributed by atoms with Gasteiger partial charge in [0.25, 0.3) is 0 Å². The minimum absolute atomic E-state index is 0.0522. The van der Waals surface area contributed by atoms with E-state index in [-0.39, 0.29) is 5.60 Å². The second-order valence-electron chi connectivity index (χ2n) is 6.23. The van der Waals surface area contributed by atoms with Gasteiger partial charge in [0.1, 0.15) is 5.75 Å². The fourth-order valence-corrected chi connectivity index (χ4v) is 2.92. The van der Waals surface area contributed by atoms with E-state index in [0.717, 1.165) is 38.5 Å². The molecule has 2 rings (SSSR count). The fourth-order valence-electron chi connectivity index (χ4n) is 2.92. The molecule has 1 unspecified atom stereocenters. The second-order valence-corrected chi connectivity index (χ2v) is 6.23. The Kier molecular flexibility index (Phi) is 5.62. The maximum Gasteiger partial charge on any atom is 0.119 e. The summed E-state index contributed by atoms with van der Waals surface area (Å²) >= 11 is 0. The van der Waals surface area contributed by atoms with Crippen LogP contribution in [0.15, 0.2) is 24.3 Å². The third-order valence-electron chi connectivity index (χ3n) is 3.89. The first-order valence-electron chi connectivity index (χ1n) is 7.78.